The van der Waals surface area contributed by atoms with Gasteiger partial charge in [-0.05, 0) is 28.8 Å². The van der Waals surface area contributed by atoms with Crippen molar-refractivity contribution < 1.29 is 33.3 Å². The molecule has 2 amide bonds. The number of methoxy groups -OCH3 is 1. The average Bonchev–Trinajstić information content (AvgIpc) is 3.12. The predicted molar refractivity (Wildman–Crippen MR) is 178 cm³/mol. The zero-order valence-electron chi connectivity index (χ0n) is 26.8. The Morgan fingerprint density at radius 2 is 1.11 bits per heavy atom. The molecule has 1 fully saturated rings. The summed E-state index contributed by atoms with van der Waals surface area (Å²) in [6, 6.07) is 38.7. The van der Waals surface area contributed by atoms with Crippen molar-refractivity contribution >= 4 is 17.5 Å². The first-order valence-electron chi connectivity index (χ1n) is 15.8. The number of ether oxygens (including phenoxy) is 5. The fourth-order valence-corrected chi connectivity index (χ4v) is 5.51. The summed E-state index contributed by atoms with van der Waals surface area (Å²) in [7, 11) is 1.56. The molecule has 246 valence electrons. The van der Waals surface area contributed by atoms with Gasteiger partial charge in [0.1, 0.15) is 31.0 Å². The molecule has 4 aromatic rings. The van der Waals surface area contributed by atoms with E-state index in [2.05, 4.69) is 5.32 Å². The summed E-state index contributed by atoms with van der Waals surface area (Å²) < 4.78 is 32.0. The van der Waals surface area contributed by atoms with Crippen LogP contribution in [0.4, 0.5) is 5.69 Å². The van der Waals surface area contributed by atoms with Crippen LogP contribution in [0, 0.1) is 0 Å². The van der Waals surface area contributed by atoms with Gasteiger partial charge in [0.2, 0.25) is 11.8 Å². The molecule has 5 atom stereocenters. The maximum Gasteiger partial charge on any atom is 0.240 e. The Hall–Kier alpha value is -4.38. The molecule has 4 aromatic carbocycles. The third-order valence-electron chi connectivity index (χ3n) is 7.93. The summed E-state index contributed by atoms with van der Waals surface area (Å²) in [4.78, 5) is 27.1. The number of carbonyl (C=O) groups excluding carboxylic acids is 2. The smallest absolute Gasteiger partial charge is 0.240 e. The summed E-state index contributed by atoms with van der Waals surface area (Å²) >= 11 is 0. The van der Waals surface area contributed by atoms with Gasteiger partial charge in [-0.2, -0.15) is 0 Å². The van der Waals surface area contributed by atoms with Crippen molar-refractivity contribution in [2.75, 3.05) is 25.1 Å². The largest absolute Gasteiger partial charge is 0.368 e. The van der Waals surface area contributed by atoms with Gasteiger partial charge in [0.25, 0.3) is 0 Å². The molecule has 1 aliphatic heterocycles. The van der Waals surface area contributed by atoms with Gasteiger partial charge in [0.05, 0.1) is 19.8 Å². The molecular weight excluding hydrogens is 596 g/mol. The topological polar surface area (TPSA) is 95.6 Å². The van der Waals surface area contributed by atoms with Crippen molar-refractivity contribution in [3.8, 4) is 0 Å². The van der Waals surface area contributed by atoms with Crippen molar-refractivity contribution in [2.45, 2.75) is 57.5 Å². The molecule has 1 heterocycles. The molecule has 1 saturated heterocycles. The highest BCUT2D eigenvalue weighted by Gasteiger charge is 2.48. The zero-order chi connectivity index (χ0) is 32.8. The van der Waals surface area contributed by atoms with E-state index in [1.54, 1.807) is 19.2 Å². The quantitative estimate of drug-likeness (QED) is 0.189. The van der Waals surface area contributed by atoms with E-state index in [-0.39, 0.29) is 24.9 Å². The van der Waals surface area contributed by atoms with Crippen molar-refractivity contribution in [1.29, 1.82) is 0 Å². The van der Waals surface area contributed by atoms with Crippen molar-refractivity contribution in [3.05, 3.63) is 138 Å². The average molecular weight is 639 g/mol. The molecule has 0 spiro atoms. The summed E-state index contributed by atoms with van der Waals surface area (Å²) in [6.45, 7) is 2.29. The van der Waals surface area contributed by atoms with E-state index in [1.807, 2.05) is 109 Å². The van der Waals surface area contributed by atoms with E-state index in [4.69, 9.17) is 23.7 Å². The minimum absolute atomic E-state index is 0.0925. The Morgan fingerprint density at radius 1 is 0.660 bits per heavy atom. The van der Waals surface area contributed by atoms with Crippen LogP contribution >= 0.6 is 0 Å². The van der Waals surface area contributed by atoms with Crippen LogP contribution in [0.15, 0.2) is 121 Å². The van der Waals surface area contributed by atoms with Crippen LogP contribution in [-0.4, -0.2) is 62.7 Å². The molecule has 5 rings (SSSR count). The van der Waals surface area contributed by atoms with Crippen LogP contribution in [0.3, 0.4) is 0 Å². The molecule has 0 unspecified atom stereocenters. The van der Waals surface area contributed by atoms with Crippen LogP contribution in [0.2, 0.25) is 0 Å². The van der Waals surface area contributed by atoms with Crippen LogP contribution in [0.1, 0.15) is 23.6 Å². The van der Waals surface area contributed by atoms with Crippen molar-refractivity contribution in [3.63, 3.8) is 0 Å². The van der Waals surface area contributed by atoms with Crippen LogP contribution in [-0.2, 0) is 53.1 Å². The van der Waals surface area contributed by atoms with Gasteiger partial charge in [-0.3, -0.25) is 9.59 Å². The predicted octanol–water partition coefficient (Wildman–Crippen LogP) is 5.28. The summed E-state index contributed by atoms with van der Waals surface area (Å²) in [5.41, 5.74) is 3.61. The van der Waals surface area contributed by atoms with Gasteiger partial charge in [-0.1, -0.05) is 109 Å². The van der Waals surface area contributed by atoms with Crippen molar-refractivity contribution in [2.24, 2.45) is 0 Å². The maximum absolute atomic E-state index is 13.2. The van der Waals surface area contributed by atoms with Crippen LogP contribution < -0.4 is 10.2 Å². The lowest BCUT2D eigenvalue weighted by atomic mass is 9.97. The molecule has 9 nitrogen and oxygen atoms in total. The second kappa shape index (κ2) is 17.5. The van der Waals surface area contributed by atoms with E-state index in [0.29, 0.717) is 25.5 Å². The highest BCUT2D eigenvalue weighted by Crippen LogP contribution is 2.31. The lowest BCUT2D eigenvalue weighted by Gasteiger charge is -2.45. The normalized spacial score (nSPS) is 20.8. The molecule has 0 saturated carbocycles. The van der Waals surface area contributed by atoms with E-state index in [0.717, 1.165) is 16.7 Å². The molecule has 47 heavy (non-hydrogen) atoms. The van der Waals surface area contributed by atoms with Crippen LogP contribution in [0.25, 0.3) is 0 Å². The number of nitrogens with one attached hydrogen (secondary N) is 1. The molecular formula is C38H42N2O7. The Kier molecular flexibility index (Phi) is 12.7. The SMILES string of the molecule is CO[C@H]1O[C@H](CNC(=O)CN(C(C)=O)c2ccccc2)[C@@H](OCc2ccccc2)[C@H](OCc2ccccc2)[C@@H]1OCc1ccccc1. The number of nitrogens with zero attached hydrogens (tertiary/aromatic N) is 1. The first-order chi connectivity index (χ1) is 23.0. The maximum atomic E-state index is 13.2. The number of carbonyl (C=O) groups is 2. The Balaban J connectivity index is 1.38. The molecule has 1 aliphatic rings. The fourth-order valence-electron chi connectivity index (χ4n) is 5.51. The zero-order valence-corrected chi connectivity index (χ0v) is 26.8. The minimum atomic E-state index is -0.809. The van der Waals surface area contributed by atoms with Gasteiger partial charge in [-0.15, -0.1) is 0 Å². The molecule has 1 N–H and O–H groups in total. The summed E-state index contributed by atoms with van der Waals surface area (Å²) in [5.74, 6) is -0.579. The molecule has 9 heteroatoms. The lowest BCUT2D eigenvalue weighted by Crippen LogP contribution is -2.63. The third-order valence-corrected chi connectivity index (χ3v) is 7.93. The first-order valence-corrected chi connectivity index (χ1v) is 15.8. The number of hydrogen-bond donors (Lipinski definition) is 1. The van der Waals surface area contributed by atoms with Gasteiger partial charge in [0.15, 0.2) is 6.29 Å². The molecule has 0 aliphatic carbocycles. The highest BCUT2D eigenvalue weighted by atomic mass is 16.7. The Labute approximate surface area is 276 Å². The first kappa shape index (κ1) is 34.0. The second-order valence-corrected chi connectivity index (χ2v) is 11.3. The standard InChI is InChI=1S/C38H42N2O7/c1-28(41)40(32-21-13-6-14-22-32)24-34(42)39-23-33-35(44-25-29-15-7-3-8-16-29)36(45-26-30-17-9-4-10-18-30)37(38(43-2)47-33)46-27-31-19-11-5-12-20-31/h3-22,33,35-38H,23-27H2,1-2H3,(H,39,42)/t33-,35-,36+,37+,38+/m1/s1. The van der Waals surface area contributed by atoms with Crippen LogP contribution in [0.5, 0.6) is 0 Å². The number of rotatable bonds is 15. The second-order valence-electron chi connectivity index (χ2n) is 11.3. The van der Waals surface area contributed by atoms with Gasteiger partial charge >= 0.3 is 0 Å². The third kappa shape index (κ3) is 9.81. The van der Waals surface area contributed by atoms with Gasteiger partial charge < -0.3 is 33.9 Å². The van der Waals surface area contributed by atoms with Gasteiger partial charge in [-0.25, -0.2) is 0 Å². The Bertz CT molecular complexity index is 1510. The molecule has 0 radical (unpaired) electrons. The van der Waals surface area contributed by atoms with Gasteiger partial charge in [0, 0.05) is 26.3 Å². The summed E-state index contributed by atoms with van der Waals surface area (Å²) in [5, 5.41) is 2.96. The number of para-hydroxylation sites is 1. The van der Waals surface area contributed by atoms with E-state index < -0.39 is 30.7 Å². The fraction of sp³-hybridized carbons (Fsp3) is 0.316. The Morgan fingerprint density at radius 3 is 1.57 bits per heavy atom. The highest BCUT2D eigenvalue weighted by molar-refractivity contribution is 5.97. The van der Waals surface area contributed by atoms with E-state index in [9.17, 15) is 9.59 Å². The monoisotopic (exact) mass is 638 g/mol. The van der Waals surface area contributed by atoms with E-state index >= 15 is 0 Å². The lowest BCUT2D eigenvalue weighted by molar-refractivity contribution is -0.316. The number of amides is 2. The van der Waals surface area contributed by atoms with Crippen molar-refractivity contribution in [1.82, 2.24) is 5.32 Å². The number of anilines is 1. The molecule has 0 bridgehead atoms. The summed E-state index contributed by atoms with van der Waals surface area (Å²) in [6.07, 6.45) is -3.39. The number of benzene rings is 4. The number of hydrogen-bond acceptors (Lipinski definition) is 7. The minimum Gasteiger partial charge on any atom is -0.368 e. The molecule has 0 aromatic heterocycles. The van der Waals surface area contributed by atoms with E-state index in [1.165, 1.54) is 11.8 Å².